The van der Waals surface area contributed by atoms with Gasteiger partial charge in [-0.1, -0.05) is 100 Å². The van der Waals surface area contributed by atoms with Gasteiger partial charge in [0, 0.05) is 19.4 Å². The molecule has 39 heavy (non-hydrogen) atoms. The molecule has 2 aromatic rings. The maximum absolute atomic E-state index is 12.9. The molecule has 0 spiro atoms. The van der Waals surface area contributed by atoms with Crippen LogP contribution in [0.4, 0.5) is 0 Å². The monoisotopic (exact) mass is 537 g/mol. The number of benzene rings is 2. The molecule has 0 aliphatic carbocycles. The minimum atomic E-state index is -2.21. The highest BCUT2D eigenvalue weighted by Crippen LogP contribution is 2.21. The van der Waals surface area contributed by atoms with Crippen molar-refractivity contribution in [3.05, 3.63) is 60.2 Å². The molecule has 0 saturated carbocycles. The zero-order valence-electron chi connectivity index (χ0n) is 23.8. The molecule has 3 N–H and O–H groups in total. The summed E-state index contributed by atoms with van der Waals surface area (Å²) < 4.78 is 0. The van der Waals surface area contributed by atoms with Crippen LogP contribution in [0, 0.1) is 5.92 Å². The number of fused-ring (bicyclic) bond motifs is 1. The number of carboxylic acids is 1. The summed E-state index contributed by atoms with van der Waals surface area (Å²) in [7, 11) is 0. The van der Waals surface area contributed by atoms with Crippen molar-refractivity contribution in [3.63, 3.8) is 0 Å². The van der Waals surface area contributed by atoms with Crippen LogP contribution in [0.2, 0.25) is 0 Å². The first-order valence-corrected chi connectivity index (χ1v) is 14.6. The predicted octanol–water partition coefficient (Wildman–Crippen LogP) is 6.78. The number of nitrogens with one attached hydrogen (secondary N) is 1. The number of carbonyl (C=O) groups excluding carboxylic acids is 2. The number of rotatable bonds is 20. The second-order valence-corrected chi connectivity index (χ2v) is 10.7. The van der Waals surface area contributed by atoms with Gasteiger partial charge >= 0.3 is 5.97 Å². The number of Topliss-reactive ketones (excluding diaryl/α,β-unsaturated/α-hetero) is 1. The standard InChI is InChI=1S/C33H47NO5/c1-3-4-5-8-11-18-29(35)19-12-9-6-7-10-13-20-30(33(2,39)32(37)38)31(36)34-24-23-26-21-22-27-16-14-15-17-28(27)25-26/h13-17,20-22,25,30,39H,3-12,18-19,23-24H2,1-2H3,(H,34,36)(H,37,38)/t30-,33+/m1/s1. The van der Waals surface area contributed by atoms with E-state index in [2.05, 4.69) is 18.3 Å². The van der Waals surface area contributed by atoms with E-state index in [1.807, 2.05) is 36.4 Å². The van der Waals surface area contributed by atoms with E-state index >= 15 is 0 Å². The molecule has 2 rings (SSSR count). The highest BCUT2D eigenvalue weighted by Gasteiger charge is 2.42. The minimum Gasteiger partial charge on any atom is -0.479 e. The van der Waals surface area contributed by atoms with Crippen LogP contribution in [0.15, 0.2) is 54.6 Å². The summed E-state index contributed by atoms with van der Waals surface area (Å²) in [5.41, 5.74) is -1.14. The van der Waals surface area contributed by atoms with Gasteiger partial charge in [0.15, 0.2) is 5.60 Å². The lowest BCUT2D eigenvalue weighted by atomic mass is 9.87. The Bertz CT molecular complexity index is 1070. The number of carboxylic acid groups (broad SMARTS) is 1. The molecule has 6 nitrogen and oxygen atoms in total. The summed E-state index contributed by atoms with van der Waals surface area (Å²) in [6, 6.07) is 14.2. The lowest BCUT2D eigenvalue weighted by Gasteiger charge is -2.25. The fourth-order valence-electron chi connectivity index (χ4n) is 4.72. The highest BCUT2D eigenvalue weighted by atomic mass is 16.4. The molecule has 0 fully saturated rings. The van der Waals surface area contributed by atoms with Crippen LogP contribution >= 0.6 is 0 Å². The third kappa shape index (κ3) is 11.7. The third-order valence-corrected chi connectivity index (χ3v) is 7.31. The second-order valence-electron chi connectivity index (χ2n) is 10.7. The van der Waals surface area contributed by atoms with Gasteiger partial charge in [-0.05, 0) is 55.4 Å². The second kappa shape index (κ2) is 17.6. The number of ketones is 1. The van der Waals surface area contributed by atoms with E-state index in [0.29, 0.717) is 38.0 Å². The molecule has 214 valence electrons. The Labute approximate surface area is 233 Å². The normalized spacial score (nSPS) is 13.8. The Balaban J connectivity index is 1.73. The van der Waals surface area contributed by atoms with Gasteiger partial charge in [-0.2, -0.15) is 0 Å². The van der Waals surface area contributed by atoms with Crippen LogP contribution in [0.5, 0.6) is 0 Å². The Hall–Kier alpha value is -2.99. The molecule has 2 atom stereocenters. The van der Waals surface area contributed by atoms with E-state index in [0.717, 1.165) is 61.8 Å². The van der Waals surface area contributed by atoms with E-state index < -0.39 is 23.4 Å². The number of aliphatic carboxylic acids is 1. The van der Waals surface area contributed by atoms with Crippen molar-refractivity contribution < 1.29 is 24.6 Å². The number of carbonyl (C=O) groups is 3. The van der Waals surface area contributed by atoms with Gasteiger partial charge in [-0.25, -0.2) is 4.79 Å². The van der Waals surface area contributed by atoms with E-state index in [4.69, 9.17) is 0 Å². The molecular weight excluding hydrogens is 490 g/mol. The molecule has 0 saturated heterocycles. The average Bonchev–Trinajstić information content (AvgIpc) is 2.91. The topological polar surface area (TPSA) is 104 Å². The van der Waals surface area contributed by atoms with Crippen LogP contribution in [0.25, 0.3) is 10.8 Å². The van der Waals surface area contributed by atoms with E-state index in [-0.39, 0.29) is 0 Å². The maximum Gasteiger partial charge on any atom is 0.336 e. The highest BCUT2D eigenvalue weighted by molar-refractivity contribution is 5.90. The molecule has 6 heteroatoms. The molecule has 2 aromatic carbocycles. The van der Waals surface area contributed by atoms with Gasteiger partial charge in [0.05, 0.1) is 5.92 Å². The zero-order valence-corrected chi connectivity index (χ0v) is 23.8. The van der Waals surface area contributed by atoms with E-state index in [1.165, 1.54) is 25.3 Å². The van der Waals surface area contributed by atoms with Crippen molar-refractivity contribution in [1.82, 2.24) is 5.32 Å². The molecule has 0 unspecified atom stereocenters. The number of amides is 1. The summed E-state index contributed by atoms with van der Waals surface area (Å²) in [6.45, 7) is 3.69. The van der Waals surface area contributed by atoms with Gasteiger partial charge in [0.2, 0.25) is 5.91 Å². The smallest absolute Gasteiger partial charge is 0.336 e. The summed E-state index contributed by atoms with van der Waals surface area (Å²) >= 11 is 0. The van der Waals surface area contributed by atoms with Gasteiger partial charge < -0.3 is 15.5 Å². The van der Waals surface area contributed by atoms with Crippen LogP contribution in [0.3, 0.4) is 0 Å². The van der Waals surface area contributed by atoms with Gasteiger partial charge in [-0.3, -0.25) is 9.59 Å². The fourth-order valence-corrected chi connectivity index (χ4v) is 4.72. The fraction of sp³-hybridized carbons (Fsp3) is 0.545. The number of hydrogen-bond donors (Lipinski definition) is 3. The van der Waals surface area contributed by atoms with Crippen LogP contribution in [-0.4, -0.2) is 40.0 Å². The minimum absolute atomic E-state index is 0.342. The summed E-state index contributed by atoms with van der Waals surface area (Å²) in [4.78, 5) is 36.5. The Morgan fingerprint density at radius 2 is 1.54 bits per heavy atom. The molecule has 0 radical (unpaired) electrons. The van der Waals surface area contributed by atoms with Gasteiger partial charge in [-0.15, -0.1) is 0 Å². The largest absolute Gasteiger partial charge is 0.479 e. The lowest BCUT2D eigenvalue weighted by molar-refractivity contribution is -0.163. The Kier molecular flexibility index (Phi) is 14.5. The Morgan fingerprint density at radius 1 is 0.897 bits per heavy atom. The SMILES string of the molecule is CCCCCCCC(=O)CCCCCCC=C[C@H](C(=O)NCCc1ccc2ccccc2c1)[C@](C)(O)C(=O)O. The summed E-state index contributed by atoms with van der Waals surface area (Å²) in [6.07, 6.45) is 15.5. The first kappa shape index (κ1) is 32.2. The number of hydrogen-bond acceptors (Lipinski definition) is 4. The van der Waals surface area contributed by atoms with E-state index in [1.54, 1.807) is 6.08 Å². The van der Waals surface area contributed by atoms with Gasteiger partial charge in [0.1, 0.15) is 5.78 Å². The van der Waals surface area contributed by atoms with Crippen molar-refractivity contribution >= 4 is 28.4 Å². The molecule has 1 amide bonds. The molecule has 0 aromatic heterocycles. The third-order valence-electron chi connectivity index (χ3n) is 7.31. The summed E-state index contributed by atoms with van der Waals surface area (Å²) in [5.74, 6) is -2.78. The predicted molar refractivity (Wildman–Crippen MR) is 158 cm³/mol. The summed E-state index contributed by atoms with van der Waals surface area (Å²) in [5, 5.41) is 25.1. The maximum atomic E-state index is 12.9. The van der Waals surface area contributed by atoms with Crippen molar-refractivity contribution in [2.75, 3.05) is 6.54 Å². The van der Waals surface area contributed by atoms with Crippen LogP contribution < -0.4 is 5.32 Å². The average molecular weight is 538 g/mol. The first-order chi connectivity index (χ1) is 18.8. The number of unbranched alkanes of at least 4 members (excludes halogenated alkanes) is 8. The van der Waals surface area contributed by atoms with Crippen molar-refractivity contribution in [2.24, 2.45) is 5.92 Å². The van der Waals surface area contributed by atoms with E-state index in [9.17, 15) is 24.6 Å². The molecule has 0 heterocycles. The van der Waals surface area contributed by atoms with Crippen molar-refractivity contribution in [1.29, 1.82) is 0 Å². The number of allylic oxidation sites excluding steroid dienone is 1. The molecular formula is C33H47NO5. The van der Waals surface area contributed by atoms with Crippen molar-refractivity contribution in [3.8, 4) is 0 Å². The molecule has 0 bridgehead atoms. The first-order valence-electron chi connectivity index (χ1n) is 14.6. The molecule has 0 aliphatic rings. The lowest BCUT2D eigenvalue weighted by Crippen LogP contribution is -2.49. The molecule has 0 aliphatic heterocycles. The number of aliphatic hydroxyl groups is 1. The van der Waals surface area contributed by atoms with Crippen LogP contribution in [-0.2, 0) is 20.8 Å². The quantitative estimate of drug-likeness (QED) is 0.128. The zero-order chi connectivity index (χ0) is 28.5. The van der Waals surface area contributed by atoms with Crippen molar-refractivity contribution in [2.45, 2.75) is 103 Å². The Morgan fingerprint density at radius 3 is 2.21 bits per heavy atom. The van der Waals surface area contributed by atoms with Gasteiger partial charge in [0.25, 0.3) is 0 Å². The van der Waals surface area contributed by atoms with Crippen LogP contribution in [0.1, 0.15) is 96.5 Å².